The fourth-order valence-corrected chi connectivity index (χ4v) is 3.61. The van der Waals surface area contributed by atoms with E-state index in [2.05, 4.69) is 19.1 Å². The molecule has 0 aromatic rings. The molecule has 1 aliphatic rings. The molecule has 0 amide bonds. The van der Waals surface area contributed by atoms with Crippen LogP contribution in [0.15, 0.2) is 12.2 Å². The van der Waals surface area contributed by atoms with Crippen LogP contribution in [-0.2, 0) is 9.47 Å². The molecule has 1 fully saturated rings. The fourth-order valence-electron chi connectivity index (χ4n) is 3.61. The quantitative estimate of drug-likeness (QED) is 0.238. The van der Waals surface area contributed by atoms with Gasteiger partial charge in [0.2, 0.25) is 0 Å². The highest BCUT2D eigenvalue weighted by molar-refractivity contribution is 4.88. The first-order chi connectivity index (χ1) is 13.7. The van der Waals surface area contributed by atoms with Gasteiger partial charge in [-0.2, -0.15) is 0 Å². The lowest BCUT2D eigenvalue weighted by atomic mass is 10.1. The highest BCUT2D eigenvalue weighted by atomic mass is 16.6. The Labute approximate surface area is 172 Å². The summed E-state index contributed by atoms with van der Waals surface area (Å²) in [6.45, 7) is 2.70. The molecule has 0 aromatic carbocycles. The highest BCUT2D eigenvalue weighted by Gasteiger charge is 2.40. The molecule has 1 aliphatic heterocycles. The monoisotopic (exact) mass is 400 g/mol. The van der Waals surface area contributed by atoms with Crippen molar-refractivity contribution in [3.05, 3.63) is 12.2 Å². The van der Waals surface area contributed by atoms with E-state index in [9.17, 15) is 15.3 Å². The average molecular weight is 401 g/mol. The second-order valence-electron chi connectivity index (χ2n) is 8.03. The van der Waals surface area contributed by atoms with Crippen LogP contribution in [0.3, 0.4) is 0 Å². The summed E-state index contributed by atoms with van der Waals surface area (Å²) in [6.07, 6.45) is 17.9. The van der Waals surface area contributed by atoms with E-state index in [1.807, 2.05) is 0 Å². The lowest BCUT2D eigenvalue weighted by molar-refractivity contribution is -0.101. The van der Waals surface area contributed by atoms with Gasteiger partial charge in [0.05, 0.1) is 13.2 Å². The van der Waals surface area contributed by atoms with Gasteiger partial charge < -0.3 is 24.8 Å². The molecule has 1 rings (SSSR count). The molecule has 0 saturated carbocycles. The van der Waals surface area contributed by atoms with Crippen molar-refractivity contribution in [1.29, 1.82) is 0 Å². The molecule has 0 aromatic heterocycles. The normalized spacial score (nSPS) is 23.6. The number of hydrogen-bond donors (Lipinski definition) is 3. The van der Waals surface area contributed by atoms with E-state index < -0.39 is 24.4 Å². The first-order valence-electron chi connectivity index (χ1n) is 11.6. The summed E-state index contributed by atoms with van der Waals surface area (Å²) in [5.74, 6) is 0. The van der Waals surface area contributed by atoms with E-state index in [1.54, 1.807) is 0 Å². The molecule has 1 saturated heterocycles. The predicted molar refractivity (Wildman–Crippen MR) is 113 cm³/mol. The molecule has 5 heteroatoms. The molecule has 1 heterocycles. The number of hydrogen-bond acceptors (Lipinski definition) is 5. The average Bonchev–Trinajstić information content (AvgIpc) is 3.03. The minimum Gasteiger partial charge on any atom is -0.394 e. The minimum atomic E-state index is -0.979. The Balaban J connectivity index is 1.87. The van der Waals surface area contributed by atoms with Crippen LogP contribution in [0.1, 0.15) is 90.4 Å². The molecule has 0 bridgehead atoms. The maximum Gasteiger partial charge on any atom is 0.114 e. The molecule has 0 aliphatic carbocycles. The largest absolute Gasteiger partial charge is 0.394 e. The summed E-state index contributed by atoms with van der Waals surface area (Å²) in [7, 11) is 0. The third-order valence-corrected chi connectivity index (χ3v) is 5.47. The Hall–Kier alpha value is -0.460. The van der Waals surface area contributed by atoms with Crippen molar-refractivity contribution in [3.8, 4) is 0 Å². The Morgan fingerprint density at radius 1 is 0.893 bits per heavy atom. The van der Waals surface area contributed by atoms with Crippen molar-refractivity contribution >= 4 is 0 Å². The van der Waals surface area contributed by atoms with Crippen molar-refractivity contribution in [2.45, 2.75) is 115 Å². The van der Waals surface area contributed by atoms with Crippen molar-refractivity contribution in [2.75, 3.05) is 19.8 Å². The number of aliphatic hydroxyl groups excluding tert-OH is 3. The zero-order valence-electron chi connectivity index (χ0n) is 17.9. The van der Waals surface area contributed by atoms with Gasteiger partial charge in [-0.25, -0.2) is 0 Å². The van der Waals surface area contributed by atoms with E-state index in [0.29, 0.717) is 6.61 Å². The Kier molecular flexibility index (Phi) is 15.9. The zero-order chi connectivity index (χ0) is 20.5. The molecule has 4 atom stereocenters. The smallest absolute Gasteiger partial charge is 0.114 e. The SMILES string of the molecule is CCCCCCC/C=C/CCCCCCCCO[C@@H](CO)[C@H]1OC[C@@H](O)[C@H]1O. The predicted octanol–water partition coefficient (Wildman–Crippen LogP) is 4.13. The van der Waals surface area contributed by atoms with Crippen LogP contribution in [0.5, 0.6) is 0 Å². The Morgan fingerprint density at radius 3 is 2.00 bits per heavy atom. The molecule has 0 unspecified atom stereocenters. The van der Waals surface area contributed by atoms with E-state index in [4.69, 9.17) is 9.47 Å². The fraction of sp³-hybridized carbons (Fsp3) is 0.913. The summed E-state index contributed by atoms with van der Waals surface area (Å²) in [6, 6.07) is 0. The van der Waals surface area contributed by atoms with Gasteiger partial charge >= 0.3 is 0 Å². The second kappa shape index (κ2) is 17.4. The van der Waals surface area contributed by atoms with Gasteiger partial charge in [-0.1, -0.05) is 70.4 Å². The van der Waals surface area contributed by atoms with Crippen LogP contribution >= 0.6 is 0 Å². The highest BCUT2D eigenvalue weighted by Crippen LogP contribution is 2.20. The molecule has 166 valence electrons. The maximum atomic E-state index is 9.82. The maximum absolute atomic E-state index is 9.82. The summed E-state index contributed by atoms with van der Waals surface area (Å²) in [5, 5.41) is 28.7. The van der Waals surface area contributed by atoms with Crippen LogP contribution in [0.2, 0.25) is 0 Å². The van der Waals surface area contributed by atoms with E-state index >= 15 is 0 Å². The van der Waals surface area contributed by atoms with Crippen LogP contribution in [0, 0.1) is 0 Å². The Morgan fingerprint density at radius 2 is 1.46 bits per heavy atom. The second-order valence-corrected chi connectivity index (χ2v) is 8.03. The third-order valence-electron chi connectivity index (χ3n) is 5.47. The van der Waals surface area contributed by atoms with E-state index in [1.165, 1.54) is 70.6 Å². The van der Waals surface area contributed by atoms with Crippen molar-refractivity contribution < 1.29 is 24.8 Å². The minimum absolute atomic E-state index is 0.0971. The van der Waals surface area contributed by atoms with Gasteiger partial charge in [0.15, 0.2) is 0 Å². The van der Waals surface area contributed by atoms with Crippen LogP contribution in [0.25, 0.3) is 0 Å². The van der Waals surface area contributed by atoms with Gasteiger partial charge in [-0.15, -0.1) is 0 Å². The molecule has 0 spiro atoms. The van der Waals surface area contributed by atoms with Crippen molar-refractivity contribution in [1.82, 2.24) is 0 Å². The topological polar surface area (TPSA) is 79.2 Å². The van der Waals surface area contributed by atoms with Crippen molar-refractivity contribution in [2.24, 2.45) is 0 Å². The van der Waals surface area contributed by atoms with Crippen LogP contribution < -0.4 is 0 Å². The summed E-state index contributed by atoms with van der Waals surface area (Å²) >= 11 is 0. The zero-order valence-corrected chi connectivity index (χ0v) is 17.9. The van der Waals surface area contributed by atoms with Gasteiger partial charge in [-0.05, 0) is 32.1 Å². The van der Waals surface area contributed by atoms with E-state index in [0.717, 1.165) is 12.8 Å². The molecule has 5 nitrogen and oxygen atoms in total. The van der Waals surface area contributed by atoms with Crippen molar-refractivity contribution in [3.63, 3.8) is 0 Å². The third kappa shape index (κ3) is 11.5. The molecular formula is C23H44O5. The molecular weight excluding hydrogens is 356 g/mol. The number of aliphatic hydroxyl groups is 3. The molecule has 3 N–H and O–H groups in total. The first kappa shape index (κ1) is 25.6. The van der Waals surface area contributed by atoms with E-state index in [-0.39, 0.29) is 13.2 Å². The first-order valence-corrected chi connectivity index (χ1v) is 11.6. The lowest BCUT2D eigenvalue weighted by Crippen LogP contribution is -2.42. The van der Waals surface area contributed by atoms with Gasteiger partial charge in [0, 0.05) is 6.61 Å². The number of rotatable bonds is 18. The van der Waals surface area contributed by atoms with Crippen LogP contribution in [0.4, 0.5) is 0 Å². The van der Waals surface area contributed by atoms with Crippen LogP contribution in [-0.4, -0.2) is 59.6 Å². The summed E-state index contributed by atoms with van der Waals surface area (Å²) in [5.41, 5.74) is 0. The number of ether oxygens (including phenoxy) is 2. The molecule has 0 radical (unpaired) electrons. The molecule has 28 heavy (non-hydrogen) atoms. The summed E-state index contributed by atoms with van der Waals surface area (Å²) in [4.78, 5) is 0. The number of allylic oxidation sites excluding steroid dienone is 2. The Bertz CT molecular complexity index is 374. The number of unbranched alkanes of at least 4 members (excludes halogenated alkanes) is 11. The van der Waals surface area contributed by atoms with Gasteiger partial charge in [-0.3, -0.25) is 0 Å². The van der Waals surface area contributed by atoms with Gasteiger partial charge in [0.25, 0.3) is 0 Å². The standard InChI is InChI=1S/C23H44O5/c1-2-3-4-5-6-7-8-9-10-11-12-13-14-15-16-17-27-21(18-24)23-22(26)20(25)19-28-23/h8-9,20-26H,2-7,10-19H2,1H3/b9-8+/t20-,21+,22-,23-/m1/s1. The summed E-state index contributed by atoms with van der Waals surface area (Å²) < 4.78 is 11.0. The van der Waals surface area contributed by atoms with Gasteiger partial charge in [0.1, 0.15) is 24.4 Å². The lowest BCUT2D eigenvalue weighted by Gasteiger charge is -2.24.